The highest BCUT2D eigenvalue weighted by molar-refractivity contribution is 7.09. The van der Waals surface area contributed by atoms with Crippen molar-refractivity contribution in [1.82, 2.24) is 24.6 Å². The average molecular weight is 390 g/mol. The molecule has 1 saturated heterocycles. The summed E-state index contributed by atoms with van der Waals surface area (Å²) in [7, 11) is 0. The highest BCUT2D eigenvalue weighted by Gasteiger charge is 2.24. The molecule has 2 aromatic heterocycles. The molecule has 0 unspecified atom stereocenters. The van der Waals surface area contributed by atoms with E-state index in [2.05, 4.69) is 36.1 Å². The summed E-state index contributed by atoms with van der Waals surface area (Å²) in [6.45, 7) is 15.6. The second-order valence-corrected chi connectivity index (χ2v) is 9.16. The van der Waals surface area contributed by atoms with Crippen LogP contribution in [-0.2, 0) is 18.5 Å². The zero-order valence-corrected chi connectivity index (χ0v) is 18.0. The Morgan fingerprint density at radius 3 is 2.67 bits per heavy atom. The SMILES string of the molecule is CCn1nc(C)cc1C(=O)N1CCCN(Cc2csc(C(C)(C)C)n2)CC1. The van der Waals surface area contributed by atoms with Gasteiger partial charge in [0.1, 0.15) is 5.69 Å². The van der Waals surface area contributed by atoms with Crippen LogP contribution >= 0.6 is 11.3 Å². The number of rotatable bonds is 4. The minimum Gasteiger partial charge on any atom is -0.336 e. The Morgan fingerprint density at radius 2 is 2.00 bits per heavy atom. The molecular weight excluding hydrogens is 358 g/mol. The molecule has 0 spiro atoms. The van der Waals surface area contributed by atoms with Gasteiger partial charge in [-0.2, -0.15) is 5.10 Å². The number of carbonyl (C=O) groups excluding carboxylic acids is 1. The van der Waals surface area contributed by atoms with Gasteiger partial charge in [0.05, 0.1) is 16.4 Å². The molecule has 1 fully saturated rings. The molecule has 0 aliphatic carbocycles. The summed E-state index contributed by atoms with van der Waals surface area (Å²) >= 11 is 1.75. The number of aromatic nitrogens is 3. The van der Waals surface area contributed by atoms with Gasteiger partial charge >= 0.3 is 0 Å². The molecule has 1 amide bonds. The molecule has 0 atom stereocenters. The third-order valence-corrected chi connectivity index (χ3v) is 6.19. The summed E-state index contributed by atoms with van der Waals surface area (Å²) in [5.41, 5.74) is 2.85. The summed E-state index contributed by atoms with van der Waals surface area (Å²) < 4.78 is 1.81. The molecule has 1 aliphatic rings. The minimum absolute atomic E-state index is 0.1000. The van der Waals surface area contributed by atoms with Crippen LogP contribution < -0.4 is 0 Å². The van der Waals surface area contributed by atoms with Crippen LogP contribution in [0.4, 0.5) is 0 Å². The van der Waals surface area contributed by atoms with Gasteiger partial charge in [0.15, 0.2) is 0 Å². The molecule has 6 nitrogen and oxygen atoms in total. The maximum Gasteiger partial charge on any atom is 0.272 e. The number of aryl methyl sites for hydroxylation is 2. The lowest BCUT2D eigenvalue weighted by Crippen LogP contribution is -2.36. The Kier molecular flexibility index (Phi) is 6.01. The van der Waals surface area contributed by atoms with E-state index >= 15 is 0 Å². The van der Waals surface area contributed by atoms with Gasteiger partial charge in [0.25, 0.3) is 5.91 Å². The fourth-order valence-corrected chi connectivity index (χ4v) is 4.30. The Hall–Kier alpha value is -1.73. The van der Waals surface area contributed by atoms with Crippen LogP contribution in [0, 0.1) is 6.92 Å². The van der Waals surface area contributed by atoms with Crippen molar-refractivity contribution in [3.63, 3.8) is 0 Å². The smallest absolute Gasteiger partial charge is 0.272 e. The minimum atomic E-state index is 0.1000. The Labute approximate surface area is 166 Å². The van der Waals surface area contributed by atoms with Gasteiger partial charge < -0.3 is 4.90 Å². The fourth-order valence-electron chi connectivity index (χ4n) is 3.41. The molecule has 0 saturated carbocycles. The molecule has 0 radical (unpaired) electrons. The van der Waals surface area contributed by atoms with E-state index in [1.54, 1.807) is 11.3 Å². The lowest BCUT2D eigenvalue weighted by atomic mass is 9.98. The molecule has 3 rings (SSSR count). The summed E-state index contributed by atoms with van der Waals surface area (Å²) in [4.78, 5) is 22.2. The summed E-state index contributed by atoms with van der Waals surface area (Å²) in [5, 5.41) is 7.78. The highest BCUT2D eigenvalue weighted by atomic mass is 32.1. The Morgan fingerprint density at radius 1 is 1.22 bits per heavy atom. The van der Waals surface area contributed by atoms with Crippen LogP contribution in [0.3, 0.4) is 0 Å². The molecule has 1 aliphatic heterocycles. The van der Waals surface area contributed by atoms with Crippen LogP contribution in [0.25, 0.3) is 0 Å². The van der Waals surface area contributed by atoms with E-state index in [1.165, 1.54) is 5.01 Å². The molecule has 2 aromatic rings. The number of carbonyl (C=O) groups is 1. The second kappa shape index (κ2) is 8.10. The molecular formula is C20H31N5OS. The first-order chi connectivity index (χ1) is 12.8. The molecule has 7 heteroatoms. The van der Waals surface area contributed by atoms with Gasteiger partial charge in [-0.1, -0.05) is 20.8 Å². The summed E-state index contributed by atoms with van der Waals surface area (Å²) in [6.07, 6.45) is 0.987. The van der Waals surface area contributed by atoms with E-state index in [-0.39, 0.29) is 11.3 Å². The highest BCUT2D eigenvalue weighted by Crippen LogP contribution is 2.26. The van der Waals surface area contributed by atoms with Crippen LogP contribution in [0.15, 0.2) is 11.4 Å². The van der Waals surface area contributed by atoms with Gasteiger partial charge in [-0.3, -0.25) is 14.4 Å². The van der Waals surface area contributed by atoms with E-state index < -0.39 is 0 Å². The third-order valence-electron chi connectivity index (χ3n) is 4.88. The van der Waals surface area contributed by atoms with Crippen LogP contribution in [0.5, 0.6) is 0 Å². The van der Waals surface area contributed by atoms with Crippen molar-refractivity contribution in [3.05, 3.63) is 33.5 Å². The number of nitrogens with zero attached hydrogens (tertiary/aromatic N) is 5. The zero-order chi connectivity index (χ0) is 19.6. The predicted octanol–water partition coefficient (Wildman–Crippen LogP) is 3.31. The average Bonchev–Trinajstić information content (AvgIpc) is 3.15. The quantitative estimate of drug-likeness (QED) is 0.805. The summed E-state index contributed by atoms with van der Waals surface area (Å²) in [5.74, 6) is 0.1000. The molecule has 3 heterocycles. The first-order valence-corrected chi connectivity index (χ1v) is 10.7. The predicted molar refractivity (Wildman–Crippen MR) is 109 cm³/mol. The van der Waals surface area contributed by atoms with Crippen LogP contribution in [0.2, 0.25) is 0 Å². The van der Waals surface area contributed by atoms with Gasteiger partial charge in [-0.05, 0) is 26.3 Å². The first-order valence-electron chi connectivity index (χ1n) is 9.79. The van der Waals surface area contributed by atoms with Gasteiger partial charge in [0, 0.05) is 50.1 Å². The van der Waals surface area contributed by atoms with Gasteiger partial charge in [-0.25, -0.2) is 4.98 Å². The van der Waals surface area contributed by atoms with Crippen molar-refractivity contribution in [2.75, 3.05) is 26.2 Å². The van der Waals surface area contributed by atoms with Crippen molar-refractivity contribution >= 4 is 17.2 Å². The maximum atomic E-state index is 13.0. The van der Waals surface area contributed by atoms with E-state index in [1.807, 2.05) is 29.5 Å². The number of thiazole rings is 1. The van der Waals surface area contributed by atoms with Crippen molar-refractivity contribution in [2.24, 2.45) is 0 Å². The summed E-state index contributed by atoms with van der Waals surface area (Å²) in [6, 6.07) is 1.90. The molecule has 0 N–H and O–H groups in total. The fraction of sp³-hybridized carbons (Fsp3) is 0.650. The number of hydrogen-bond acceptors (Lipinski definition) is 5. The molecule has 0 bridgehead atoms. The van der Waals surface area contributed by atoms with Crippen molar-refractivity contribution in [3.8, 4) is 0 Å². The van der Waals surface area contributed by atoms with Crippen molar-refractivity contribution < 1.29 is 4.79 Å². The second-order valence-electron chi connectivity index (χ2n) is 8.30. The third kappa shape index (κ3) is 4.76. The molecule has 27 heavy (non-hydrogen) atoms. The topological polar surface area (TPSA) is 54.3 Å². The molecule has 148 valence electrons. The lowest BCUT2D eigenvalue weighted by Gasteiger charge is -2.22. The normalized spacial score (nSPS) is 16.6. The number of amides is 1. The maximum absolute atomic E-state index is 13.0. The Balaban J connectivity index is 1.62. The van der Waals surface area contributed by atoms with Crippen LogP contribution in [0.1, 0.15) is 61.0 Å². The first kappa shape index (κ1) is 20.0. The largest absolute Gasteiger partial charge is 0.336 e. The van der Waals surface area contributed by atoms with Gasteiger partial charge in [-0.15, -0.1) is 11.3 Å². The number of hydrogen-bond donors (Lipinski definition) is 0. The van der Waals surface area contributed by atoms with E-state index in [9.17, 15) is 4.79 Å². The van der Waals surface area contributed by atoms with Crippen molar-refractivity contribution in [1.29, 1.82) is 0 Å². The van der Waals surface area contributed by atoms with E-state index in [0.29, 0.717) is 5.69 Å². The van der Waals surface area contributed by atoms with Crippen LogP contribution in [-0.4, -0.2) is 56.7 Å². The van der Waals surface area contributed by atoms with Crippen molar-refractivity contribution in [2.45, 2.75) is 59.5 Å². The van der Waals surface area contributed by atoms with E-state index in [4.69, 9.17) is 4.98 Å². The van der Waals surface area contributed by atoms with Gasteiger partial charge in [0.2, 0.25) is 0 Å². The standard InChI is InChI=1S/C20H31N5OS/c1-6-25-17(12-15(2)22-25)18(26)24-9-7-8-23(10-11-24)13-16-14-27-19(21-16)20(3,4)5/h12,14H,6-11,13H2,1-5H3. The Bertz CT molecular complexity index is 789. The van der Waals surface area contributed by atoms with E-state index in [0.717, 1.165) is 57.1 Å². The monoisotopic (exact) mass is 389 g/mol. The lowest BCUT2D eigenvalue weighted by molar-refractivity contribution is 0.0748. The molecule has 0 aromatic carbocycles. The zero-order valence-electron chi connectivity index (χ0n) is 17.2.